The van der Waals surface area contributed by atoms with Crippen molar-refractivity contribution in [3.05, 3.63) is 45.4 Å². The molecule has 1 N–H and O–H groups in total. The van der Waals surface area contributed by atoms with Crippen molar-refractivity contribution in [2.45, 2.75) is 70.8 Å². The zero-order chi connectivity index (χ0) is 19.7. The molecule has 2 aliphatic rings. The molecule has 0 spiro atoms. The summed E-state index contributed by atoms with van der Waals surface area (Å²) < 4.78 is 2.33. The van der Waals surface area contributed by atoms with Crippen molar-refractivity contribution >= 4 is 5.91 Å². The summed E-state index contributed by atoms with van der Waals surface area (Å²) in [6, 6.07) is 3.11. The van der Waals surface area contributed by atoms with Crippen LogP contribution >= 0.6 is 0 Å². The lowest BCUT2D eigenvalue weighted by atomic mass is 9.94. The number of rotatable bonds is 3. The first-order valence-electron chi connectivity index (χ1n) is 10.5. The van der Waals surface area contributed by atoms with Crippen LogP contribution in [0.1, 0.15) is 85.5 Å². The molecule has 7 heteroatoms. The van der Waals surface area contributed by atoms with Crippen LogP contribution in [0, 0.1) is 0 Å². The number of nitrogens with zero attached hydrogens (tertiary/aromatic N) is 4. The summed E-state index contributed by atoms with van der Waals surface area (Å²) in [7, 11) is 0. The summed E-state index contributed by atoms with van der Waals surface area (Å²) in [5.74, 6) is 2.70. The van der Waals surface area contributed by atoms with E-state index in [1.807, 2.05) is 18.7 Å². The number of pyridine rings is 1. The summed E-state index contributed by atoms with van der Waals surface area (Å²) in [5, 5.41) is 8.94. The third-order valence-corrected chi connectivity index (χ3v) is 6.04. The zero-order valence-electron chi connectivity index (χ0n) is 16.8. The highest BCUT2D eigenvalue weighted by molar-refractivity contribution is 5.95. The van der Waals surface area contributed by atoms with E-state index in [0.29, 0.717) is 24.6 Å². The molecule has 0 radical (unpaired) electrons. The molecule has 1 saturated heterocycles. The lowest BCUT2D eigenvalue weighted by Gasteiger charge is -2.32. The van der Waals surface area contributed by atoms with Gasteiger partial charge in [-0.2, -0.15) is 0 Å². The van der Waals surface area contributed by atoms with Crippen molar-refractivity contribution in [3.63, 3.8) is 0 Å². The molecule has 1 fully saturated rings. The largest absolute Gasteiger partial charge is 0.339 e. The number of nitrogens with one attached hydrogen (secondary N) is 1. The van der Waals surface area contributed by atoms with E-state index < -0.39 is 0 Å². The molecule has 28 heavy (non-hydrogen) atoms. The van der Waals surface area contributed by atoms with Crippen molar-refractivity contribution in [2.75, 3.05) is 13.1 Å². The Morgan fingerprint density at radius 3 is 2.64 bits per heavy atom. The molecule has 4 rings (SSSR count). The second-order valence-electron chi connectivity index (χ2n) is 8.31. The van der Waals surface area contributed by atoms with Crippen LogP contribution in [0.25, 0.3) is 0 Å². The highest BCUT2D eigenvalue weighted by Crippen LogP contribution is 2.30. The normalized spacial score (nSPS) is 18.2. The van der Waals surface area contributed by atoms with Gasteiger partial charge in [-0.05, 0) is 37.7 Å². The second kappa shape index (κ2) is 7.89. The van der Waals surface area contributed by atoms with Crippen molar-refractivity contribution in [1.29, 1.82) is 0 Å². The molecule has 0 bridgehead atoms. The maximum atomic E-state index is 13.1. The molecule has 2 aromatic heterocycles. The highest BCUT2D eigenvalue weighted by Gasteiger charge is 2.30. The number of hydrogen-bond donors (Lipinski definition) is 1. The number of amides is 1. The minimum absolute atomic E-state index is 0.0125. The Bertz CT molecular complexity index is 906. The Labute approximate surface area is 165 Å². The van der Waals surface area contributed by atoms with Gasteiger partial charge in [-0.25, -0.2) is 0 Å². The fourth-order valence-corrected chi connectivity index (χ4v) is 4.45. The van der Waals surface area contributed by atoms with Crippen LogP contribution < -0.4 is 5.56 Å². The molecule has 150 valence electrons. The molecule has 0 unspecified atom stereocenters. The van der Waals surface area contributed by atoms with E-state index >= 15 is 0 Å². The van der Waals surface area contributed by atoms with Crippen LogP contribution in [-0.4, -0.2) is 43.6 Å². The molecule has 0 aromatic carbocycles. The number of aromatic nitrogens is 4. The third-order valence-electron chi connectivity index (χ3n) is 6.04. The Morgan fingerprint density at radius 2 is 1.89 bits per heavy atom. The topological polar surface area (TPSA) is 83.9 Å². The van der Waals surface area contributed by atoms with Gasteiger partial charge in [0.1, 0.15) is 11.6 Å². The first-order valence-corrected chi connectivity index (χ1v) is 10.5. The number of H-pyrrole nitrogens is 1. The number of aryl methyl sites for hydroxylation is 1. The predicted octanol–water partition coefficient (Wildman–Crippen LogP) is 2.84. The van der Waals surface area contributed by atoms with Gasteiger partial charge in [0.25, 0.3) is 5.91 Å². The standard InChI is InChI=1S/C21H29N5O2/c1-14(2)19-16(7-8-18(27)22-19)21(28)25-12-9-15(10-13-25)20-24-23-17-6-4-3-5-11-26(17)20/h7-8,14-15H,3-6,9-13H2,1-2H3,(H,22,27). The molecule has 2 aliphatic heterocycles. The number of piperidine rings is 1. The summed E-state index contributed by atoms with van der Waals surface area (Å²) in [4.78, 5) is 29.5. The van der Waals surface area contributed by atoms with Crippen LogP contribution in [0.4, 0.5) is 0 Å². The molecule has 2 aromatic rings. The number of likely N-dealkylation sites (tertiary alicyclic amines) is 1. The van der Waals surface area contributed by atoms with Crippen LogP contribution in [-0.2, 0) is 13.0 Å². The van der Waals surface area contributed by atoms with Crippen molar-refractivity contribution in [3.8, 4) is 0 Å². The number of hydrogen-bond acceptors (Lipinski definition) is 4. The SMILES string of the molecule is CC(C)c1[nH]c(=O)ccc1C(=O)N1CCC(c2nnc3n2CCCCC3)CC1. The Hall–Kier alpha value is -2.44. The maximum absolute atomic E-state index is 13.1. The molecular weight excluding hydrogens is 354 g/mol. The molecule has 1 amide bonds. The van der Waals surface area contributed by atoms with Crippen molar-refractivity contribution in [2.24, 2.45) is 0 Å². The van der Waals surface area contributed by atoms with Crippen molar-refractivity contribution in [1.82, 2.24) is 24.6 Å². The number of carbonyl (C=O) groups is 1. The molecular formula is C21H29N5O2. The van der Waals surface area contributed by atoms with Crippen LogP contribution in [0.3, 0.4) is 0 Å². The summed E-state index contributed by atoms with van der Waals surface area (Å²) in [6.07, 6.45) is 6.48. The van der Waals surface area contributed by atoms with Crippen LogP contribution in [0.15, 0.2) is 16.9 Å². The molecule has 0 aliphatic carbocycles. The number of carbonyl (C=O) groups excluding carboxylic acids is 1. The summed E-state index contributed by atoms with van der Waals surface area (Å²) in [5.41, 5.74) is 1.18. The summed E-state index contributed by atoms with van der Waals surface area (Å²) >= 11 is 0. The third kappa shape index (κ3) is 3.62. The van der Waals surface area contributed by atoms with E-state index in [9.17, 15) is 9.59 Å². The second-order valence-corrected chi connectivity index (χ2v) is 8.31. The van der Waals surface area contributed by atoms with Gasteiger partial charge in [-0.15, -0.1) is 10.2 Å². The van der Waals surface area contributed by atoms with E-state index in [1.54, 1.807) is 6.07 Å². The lowest BCUT2D eigenvalue weighted by Crippen LogP contribution is -2.39. The van der Waals surface area contributed by atoms with Gasteiger partial charge in [0, 0.05) is 43.7 Å². The van der Waals surface area contributed by atoms with E-state index in [2.05, 4.69) is 19.7 Å². The smallest absolute Gasteiger partial charge is 0.255 e. The molecule has 0 atom stereocenters. The minimum Gasteiger partial charge on any atom is -0.339 e. The van der Waals surface area contributed by atoms with Gasteiger partial charge in [-0.3, -0.25) is 9.59 Å². The van der Waals surface area contributed by atoms with Gasteiger partial charge < -0.3 is 14.5 Å². The van der Waals surface area contributed by atoms with Crippen molar-refractivity contribution < 1.29 is 4.79 Å². The molecule has 7 nitrogen and oxygen atoms in total. The first-order chi connectivity index (χ1) is 13.5. The summed E-state index contributed by atoms with van der Waals surface area (Å²) in [6.45, 7) is 6.42. The first kappa shape index (κ1) is 18.9. The highest BCUT2D eigenvalue weighted by atomic mass is 16.2. The number of fused-ring (bicyclic) bond motifs is 1. The van der Waals surface area contributed by atoms with Gasteiger partial charge >= 0.3 is 0 Å². The Balaban J connectivity index is 1.47. The fraction of sp³-hybridized carbons (Fsp3) is 0.619. The van der Waals surface area contributed by atoms with E-state index in [0.717, 1.165) is 43.1 Å². The average Bonchev–Trinajstić information content (AvgIpc) is 2.95. The Morgan fingerprint density at radius 1 is 1.11 bits per heavy atom. The van der Waals surface area contributed by atoms with Gasteiger partial charge in [0.15, 0.2) is 0 Å². The van der Waals surface area contributed by atoms with Crippen LogP contribution in [0.2, 0.25) is 0 Å². The predicted molar refractivity (Wildman–Crippen MR) is 107 cm³/mol. The number of aromatic amines is 1. The monoisotopic (exact) mass is 383 g/mol. The Kier molecular flexibility index (Phi) is 5.33. The molecule has 4 heterocycles. The lowest BCUT2D eigenvalue weighted by molar-refractivity contribution is 0.0708. The van der Waals surface area contributed by atoms with E-state index in [-0.39, 0.29) is 17.4 Å². The average molecular weight is 383 g/mol. The quantitative estimate of drug-likeness (QED) is 0.883. The van der Waals surface area contributed by atoms with E-state index in [4.69, 9.17) is 0 Å². The zero-order valence-corrected chi connectivity index (χ0v) is 16.8. The van der Waals surface area contributed by atoms with E-state index in [1.165, 1.54) is 25.3 Å². The fourth-order valence-electron chi connectivity index (χ4n) is 4.45. The van der Waals surface area contributed by atoms with Gasteiger partial charge in [-0.1, -0.05) is 20.3 Å². The van der Waals surface area contributed by atoms with Crippen LogP contribution in [0.5, 0.6) is 0 Å². The van der Waals surface area contributed by atoms with Gasteiger partial charge in [0.2, 0.25) is 5.56 Å². The molecule has 0 saturated carbocycles. The van der Waals surface area contributed by atoms with Gasteiger partial charge in [0.05, 0.1) is 5.56 Å². The minimum atomic E-state index is -0.161. The maximum Gasteiger partial charge on any atom is 0.255 e.